The summed E-state index contributed by atoms with van der Waals surface area (Å²) in [6.45, 7) is 7.19. The molecule has 6 heteroatoms. The van der Waals surface area contributed by atoms with Crippen molar-refractivity contribution in [2.24, 2.45) is 0 Å². The number of Topliss-reactive ketones (excluding diaryl/α,β-unsaturated/α-hetero) is 1. The van der Waals surface area contributed by atoms with Crippen molar-refractivity contribution < 1.29 is 19.1 Å². The molecule has 1 aromatic rings. The minimum Gasteiger partial charge on any atom is -0.476 e. The number of carbonyl (C=O) groups is 3. The van der Waals surface area contributed by atoms with Gasteiger partial charge in [0.1, 0.15) is 12.3 Å². The molecule has 0 spiro atoms. The number of benzene rings is 1. The summed E-state index contributed by atoms with van der Waals surface area (Å²) < 4.78 is 5.73. The largest absolute Gasteiger partial charge is 0.476 e. The second-order valence-electron chi connectivity index (χ2n) is 6.09. The van der Waals surface area contributed by atoms with Crippen LogP contribution in [0.1, 0.15) is 44.5 Å². The van der Waals surface area contributed by atoms with Gasteiger partial charge in [0, 0.05) is 12.1 Å². The Labute approximate surface area is 135 Å². The molecule has 0 saturated carbocycles. The SMILES string of the molecule is CCCNC(=O)CN1C(=O)C(C)(C)Oc2ccc(C(C)=O)cc21. The third-order valence-corrected chi connectivity index (χ3v) is 3.66. The van der Waals surface area contributed by atoms with Crippen molar-refractivity contribution in [1.82, 2.24) is 5.32 Å². The number of nitrogens with zero attached hydrogens (tertiary/aromatic N) is 1. The highest BCUT2D eigenvalue weighted by Gasteiger charge is 2.41. The fourth-order valence-electron chi connectivity index (χ4n) is 2.41. The molecule has 0 aromatic heterocycles. The fraction of sp³-hybridized carbons (Fsp3) is 0.471. The molecule has 23 heavy (non-hydrogen) atoms. The Kier molecular flexibility index (Phi) is 4.73. The van der Waals surface area contributed by atoms with Gasteiger partial charge in [-0.15, -0.1) is 0 Å². The van der Waals surface area contributed by atoms with E-state index in [1.807, 2.05) is 6.92 Å². The Morgan fingerprint density at radius 3 is 2.61 bits per heavy atom. The number of anilines is 1. The molecule has 1 N–H and O–H groups in total. The minimum atomic E-state index is -1.06. The number of fused-ring (bicyclic) bond motifs is 1. The van der Waals surface area contributed by atoms with Gasteiger partial charge >= 0.3 is 0 Å². The van der Waals surface area contributed by atoms with E-state index in [2.05, 4.69) is 5.32 Å². The summed E-state index contributed by atoms with van der Waals surface area (Å²) in [7, 11) is 0. The maximum Gasteiger partial charge on any atom is 0.271 e. The molecule has 2 amide bonds. The lowest BCUT2D eigenvalue weighted by Crippen LogP contribution is -2.55. The van der Waals surface area contributed by atoms with Crippen molar-refractivity contribution in [3.05, 3.63) is 23.8 Å². The van der Waals surface area contributed by atoms with Gasteiger partial charge in [-0.3, -0.25) is 19.3 Å². The molecule has 0 bridgehead atoms. The molecular formula is C17H22N2O4. The summed E-state index contributed by atoms with van der Waals surface area (Å²) in [5, 5.41) is 2.76. The molecule has 6 nitrogen and oxygen atoms in total. The van der Waals surface area contributed by atoms with Crippen LogP contribution in [0.3, 0.4) is 0 Å². The summed E-state index contributed by atoms with van der Waals surface area (Å²) in [4.78, 5) is 37.7. The van der Waals surface area contributed by atoms with Crippen molar-refractivity contribution in [3.8, 4) is 5.75 Å². The molecule has 1 aliphatic rings. The van der Waals surface area contributed by atoms with Crippen LogP contribution < -0.4 is 15.0 Å². The summed E-state index contributed by atoms with van der Waals surface area (Å²) >= 11 is 0. The molecule has 0 atom stereocenters. The van der Waals surface area contributed by atoms with Crippen molar-refractivity contribution >= 4 is 23.3 Å². The Morgan fingerprint density at radius 1 is 1.30 bits per heavy atom. The van der Waals surface area contributed by atoms with E-state index in [0.717, 1.165) is 6.42 Å². The molecular weight excluding hydrogens is 296 g/mol. The predicted octanol–water partition coefficient (Wildman–Crippen LogP) is 1.92. The Hall–Kier alpha value is -2.37. The Balaban J connectivity index is 2.39. The lowest BCUT2D eigenvalue weighted by atomic mass is 10.0. The summed E-state index contributed by atoms with van der Waals surface area (Å²) in [5.74, 6) is -0.169. The van der Waals surface area contributed by atoms with E-state index in [4.69, 9.17) is 4.74 Å². The van der Waals surface area contributed by atoms with Gasteiger partial charge in [-0.1, -0.05) is 6.92 Å². The van der Waals surface area contributed by atoms with Crippen molar-refractivity contribution in [2.75, 3.05) is 18.0 Å². The van der Waals surface area contributed by atoms with E-state index in [0.29, 0.717) is 23.5 Å². The van der Waals surface area contributed by atoms with Gasteiger partial charge in [0.15, 0.2) is 11.4 Å². The van der Waals surface area contributed by atoms with E-state index in [9.17, 15) is 14.4 Å². The first-order valence-corrected chi connectivity index (χ1v) is 7.69. The van der Waals surface area contributed by atoms with Gasteiger partial charge in [-0.25, -0.2) is 0 Å². The number of hydrogen-bond donors (Lipinski definition) is 1. The van der Waals surface area contributed by atoms with Gasteiger partial charge in [-0.05, 0) is 45.4 Å². The molecule has 1 aliphatic heterocycles. The van der Waals surface area contributed by atoms with E-state index < -0.39 is 5.60 Å². The summed E-state index contributed by atoms with van der Waals surface area (Å²) in [6, 6.07) is 4.91. The third-order valence-electron chi connectivity index (χ3n) is 3.66. The zero-order chi connectivity index (χ0) is 17.2. The maximum absolute atomic E-state index is 12.6. The quantitative estimate of drug-likeness (QED) is 0.842. The smallest absolute Gasteiger partial charge is 0.271 e. The molecule has 1 heterocycles. The van der Waals surface area contributed by atoms with E-state index >= 15 is 0 Å². The number of hydrogen-bond acceptors (Lipinski definition) is 4. The van der Waals surface area contributed by atoms with E-state index in [1.54, 1.807) is 32.0 Å². The van der Waals surface area contributed by atoms with Crippen LogP contribution in [0.4, 0.5) is 5.69 Å². The monoisotopic (exact) mass is 318 g/mol. The lowest BCUT2D eigenvalue weighted by molar-refractivity contribution is -0.134. The summed E-state index contributed by atoms with van der Waals surface area (Å²) in [5.41, 5.74) is -0.136. The van der Waals surface area contributed by atoms with Gasteiger partial charge in [0.05, 0.1) is 5.69 Å². The third kappa shape index (κ3) is 3.52. The Morgan fingerprint density at radius 2 is 2.00 bits per heavy atom. The van der Waals surface area contributed by atoms with Crippen LogP contribution in [-0.2, 0) is 9.59 Å². The lowest BCUT2D eigenvalue weighted by Gasteiger charge is -2.38. The van der Waals surface area contributed by atoms with Crippen molar-refractivity contribution in [3.63, 3.8) is 0 Å². The minimum absolute atomic E-state index is 0.0972. The van der Waals surface area contributed by atoms with Crippen molar-refractivity contribution in [1.29, 1.82) is 0 Å². The number of nitrogens with one attached hydrogen (secondary N) is 1. The summed E-state index contributed by atoms with van der Waals surface area (Å²) in [6.07, 6.45) is 0.819. The van der Waals surface area contributed by atoms with E-state index in [-0.39, 0.29) is 24.1 Å². The van der Waals surface area contributed by atoms with Crippen molar-refractivity contribution in [2.45, 2.75) is 39.7 Å². The standard InChI is InChI=1S/C17H22N2O4/c1-5-8-18-15(21)10-19-13-9-12(11(2)20)6-7-14(13)23-17(3,4)16(19)22/h6-7,9H,5,8,10H2,1-4H3,(H,18,21). The van der Waals surface area contributed by atoms with Crippen LogP contribution >= 0.6 is 0 Å². The predicted molar refractivity (Wildman–Crippen MR) is 86.8 cm³/mol. The van der Waals surface area contributed by atoms with Crippen LogP contribution in [0.25, 0.3) is 0 Å². The van der Waals surface area contributed by atoms with Crippen LogP contribution in [-0.4, -0.2) is 36.3 Å². The molecule has 1 aromatic carbocycles. The second kappa shape index (κ2) is 6.40. The molecule has 0 unspecified atom stereocenters. The zero-order valence-electron chi connectivity index (χ0n) is 13.9. The topological polar surface area (TPSA) is 75.7 Å². The van der Waals surface area contributed by atoms with Gasteiger partial charge in [-0.2, -0.15) is 0 Å². The number of ether oxygens (including phenoxy) is 1. The zero-order valence-corrected chi connectivity index (χ0v) is 13.9. The molecule has 124 valence electrons. The first-order chi connectivity index (χ1) is 10.8. The first kappa shape index (κ1) is 17.0. The molecule has 2 rings (SSSR count). The van der Waals surface area contributed by atoms with Gasteiger partial charge in [0.2, 0.25) is 5.91 Å². The van der Waals surface area contributed by atoms with Crippen LogP contribution in [0.5, 0.6) is 5.75 Å². The van der Waals surface area contributed by atoms with Crippen LogP contribution in [0, 0.1) is 0 Å². The molecule has 0 aliphatic carbocycles. The highest BCUT2D eigenvalue weighted by Crippen LogP contribution is 2.38. The highest BCUT2D eigenvalue weighted by atomic mass is 16.5. The maximum atomic E-state index is 12.6. The average Bonchev–Trinajstić information content (AvgIpc) is 2.49. The molecule has 0 radical (unpaired) electrons. The number of amides is 2. The average molecular weight is 318 g/mol. The van der Waals surface area contributed by atoms with E-state index in [1.165, 1.54) is 11.8 Å². The van der Waals surface area contributed by atoms with Gasteiger partial charge < -0.3 is 10.1 Å². The fourth-order valence-corrected chi connectivity index (χ4v) is 2.41. The molecule has 0 fully saturated rings. The number of ketones is 1. The van der Waals surface area contributed by atoms with Crippen LogP contribution in [0.15, 0.2) is 18.2 Å². The number of rotatable bonds is 5. The van der Waals surface area contributed by atoms with Gasteiger partial charge in [0.25, 0.3) is 5.91 Å². The van der Waals surface area contributed by atoms with Crippen LogP contribution in [0.2, 0.25) is 0 Å². The first-order valence-electron chi connectivity index (χ1n) is 7.69. The second-order valence-corrected chi connectivity index (χ2v) is 6.09. The Bertz CT molecular complexity index is 652. The normalized spacial score (nSPS) is 15.7. The molecule has 0 saturated heterocycles. The highest BCUT2D eigenvalue weighted by molar-refractivity contribution is 6.07. The number of carbonyl (C=O) groups excluding carboxylic acids is 3.